The standard InChI is InChI=1S/C16H21NO4/c1-14(20)7-9-6-11(18)16-10(17-5-3-13(16)21-17)2-4-15(9,16)12(19)8-14/h9-10,13,20H,2-8H2,1H3/t9-,10+,13-,14+,15-,16+/m1/s1. The summed E-state index contributed by atoms with van der Waals surface area (Å²) in [5.74, 6) is 0.359. The molecule has 2 bridgehead atoms. The quantitative estimate of drug-likeness (QED) is 0.716. The molecule has 5 aliphatic rings. The van der Waals surface area contributed by atoms with Crippen LogP contribution in [0.5, 0.6) is 0 Å². The number of hydroxylamine groups is 2. The van der Waals surface area contributed by atoms with Gasteiger partial charge in [0.05, 0.1) is 23.2 Å². The maximum absolute atomic E-state index is 13.1. The molecule has 3 aliphatic carbocycles. The molecule has 2 aliphatic heterocycles. The summed E-state index contributed by atoms with van der Waals surface area (Å²) in [7, 11) is 0. The molecule has 0 amide bonds. The van der Waals surface area contributed by atoms with Crippen molar-refractivity contribution in [2.24, 2.45) is 16.7 Å². The maximum Gasteiger partial charge on any atom is 0.144 e. The van der Waals surface area contributed by atoms with Gasteiger partial charge in [-0.1, -0.05) is 0 Å². The van der Waals surface area contributed by atoms with Crippen molar-refractivity contribution in [1.82, 2.24) is 5.06 Å². The van der Waals surface area contributed by atoms with Crippen molar-refractivity contribution in [3.8, 4) is 0 Å². The van der Waals surface area contributed by atoms with Gasteiger partial charge in [-0.15, -0.1) is 0 Å². The van der Waals surface area contributed by atoms with Gasteiger partial charge in [0.15, 0.2) is 0 Å². The third-order valence-corrected chi connectivity index (χ3v) is 7.12. The number of hydrogen-bond donors (Lipinski definition) is 1. The van der Waals surface area contributed by atoms with Crippen molar-refractivity contribution in [3.63, 3.8) is 0 Å². The van der Waals surface area contributed by atoms with Gasteiger partial charge in [-0.25, -0.2) is 0 Å². The van der Waals surface area contributed by atoms with Crippen LogP contribution in [-0.2, 0) is 14.4 Å². The van der Waals surface area contributed by atoms with Crippen molar-refractivity contribution in [2.45, 2.75) is 63.2 Å². The Morgan fingerprint density at radius 1 is 1.29 bits per heavy atom. The van der Waals surface area contributed by atoms with Crippen LogP contribution in [0, 0.1) is 16.7 Å². The first kappa shape index (κ1) is 12.7. The van der Waals surface area contributed by atoms with Crippen molar-refractivity contribution < 1.29 is 19.5 Å². The van der Waals surface area contributed by atoms with E-state index in [1.165, 1.54) is 0 Å². The predicted octanol–water partition coefficient (Wildman–Crippen LogP) is 0.844. The second kappa shape index (κ2) is 3.42. The van der Waals surface area contributed by atoms with Crippen molar-refractivity contribution in [3.05, 3.63) is 0 Å². The van der Waals surface area contributed by atoms with E-state index in [4.69, 9.17) is 4.84 Å². The van der Waals surface area contributed by atoms with Gasteiger partial charge in [-0.3, -0.25) is 14.4 Å². The Labute approximate surface area is 123 Å². The largest absolute Gasteiger partial charge is 0.390 e. The summed E-state index contributed by atoms with van der Waals surface area (Å²) in [5.41, 5.74) is -2.09. The highest BCUT2D eigenvalue weighted by atomic mass is 16.7. The van der Waals surface area contributed by atoms with Crippen LogP contribution in [0.2, 0.25) is 0 Å². The van der Waals surface area contributed by atoms with Crippen LogP contribution in [0.25, 0.3) is 0 Å². The summed E-state index contributed by atoms with van der Waals surface area (Å²) < 4.78 is 0. The van der Waals surface area contributed by atoms with Crippen LogP contribution < -0.4 is 0 Å². The van der Waals surface area contributed by atoms with E-state index in [1.54, 1.807) is 6.92 Å². The molecule has 21 heavy (non-hydrogen) atoms. The van der Waals surface area contributed by atoms with Gasteiger partial charge in [0, 0.05) is 24.8 Å². The first-order valence-electron chi connectivity index (χ1n) is 8.14. The third kappa shape index (κ3) is 1.12. The number of carbonyl (C=O) groups excluding carboxylic acids is 2. The molecule has 1 N–H and O–H groups in total. The molecule has 7 atom stereocenters. The fourth-order valence-corrected chi connectivity index (χ4v) is 6.70. The number of Topliss-reactive ketones (excluding diaryl/α,β-unsaturated/α-hetero) is 2. The molecule has 3 saturated carbocycles. The second-order valence-corrected chi connectivity index (χ2v) is 8.04. The topological polar surface area (TPSA) is 66.8 Å². The lowest BCUT2D eigenvalue weighted by molar-refractivity contribution is -0.160. The van der Waals surface area contributed by atoms with E-state index in [0.717, 1.165) is 25.8 Å². The minimum Gasteiger partial charge on any atom is -0.390 e. The highest BCUT2D eigenvalue weighted by Crippen LogP contribution is 2.73. The molecule has 5 rings (SSSR count). The lowest BCUT2D eigenvalue weighted by Gasteiger charge is -2.49. The Morgan fingerprint density at radius 2 is 2.10 bits per heavy atom. The summed E-state index contributed by atoms with van der Waals surface area (Å²) in [6.45, 7) is 2.62. The van der Waals surface area contributed by atoms with Gasteiger partial charge in [-0.2, -0.15) is 5.06 Å². The summed E-state index contributed by atoms with van der Waals surface area (Å²) in [6.07, 6.45) is 3.66. The lowest BCUT2D eigenvalue weighted by atomic mass is 9.53. The van der Waals surface area contributed by atoms with E-state index in [-0.39, 0.29) is 36.1 Å². The van der Waals surface area contributed by atoms with Crippen LogP contribution in [0.1, 0.15) is 45.4 Å². The minimum absolute atomic E-state index is 0.00963. The van der Waals surface area contributed by atoms with Crippen LogP contribution in [0.15, 0.2) is 0 Å². The summed E-state index contributed by atoms with van der Waals surface area (Å²) in [4.78, 5) is 32.1. The zero-order valence-electron chi connectivity index (χ0n) is 12.3. The number of fused-ring (bicyclic) bond motifs is 3. The van der Waals surface area contributed by atoms with Crippen LogP contribution in [-0.4, -0.2) is 46.0 Å². The van der Waals surface area contributed by atoms with Crippen molar-refractivity contribution in [1.29, 1.82) is 0 Å². The van der Waals surface area contributed by atoms with E-state index in [1.807, 2.05) is 5.06 Å². The van der Waals surface area contributed by atoms with Crippen molar-refractivity contribution in [2.75, 3.05) is 6.54 Å². The Bertz CT molecular complexity index is 573. The Kier molecular flexibility index (Phi) is 2.07. The van der Waals surface area contributed by atoms with Crippen LogP contribution in [0.3, 0.4) is 0 Å². The molecule has 0 radical (unpaired) electrons. The normalized spacial score (nSPS) is 61.0. The molecule has 0 aromatic rings. The zero-order chi connectivity index (χ0) is 14.6. The number of aliphatic hydroxyl groups is 1. The van der Waals surface area contributed by atoms with E-state index in [9.17, 15) is 14.7 Å². The molecule has 0 aromatic carbocycles. The monoisotopic (exact) mass is 291 g/mol. The van der Waals surface area contributed by atoms with E-state index in [0.29, 0.717) is 12.8 Å². The zero-order valence-corrected chi connectivity index (χ0v) is 12.3. The van der Waals surface area contributed by atoms with Gasteiger partial charge in [0.1, 0.15) is 11.6 Å². The highest BCUT2D eigenvalue weighted by molar-refractivity contribution is 6.02. The fourth-order valence-electron chi connectivity index (χ4n) is 6.70. The number of piperidine rings is 1. The van der Waals surface area contributed by atoms with E-state index in [2.05, 4.69) is 0 Å². The van der Waals surface area contributed by atoms with Crippen molar-refractivity contribution >= 4 is 11.6 Å². The molecule has 2 saturated heterocycles. The Morgan fingerprint density at radius 3 is 2.90 bits per heavy atom. The number of carbonyl (C=O) groups is 2. The second-order valence-electron chi connectivity index (χ2n) is 8.04. The molecular weight excluding hydrogens is 270 g/mol. The van der Waals surface area contributed by atoms with Crippen LogP contribution in [0.4, 0.5) is 0 Å². The Balaban J connectivity index is 1.71. The minimum atomic E-state index is -0.949. The molecule has 0 aromatic heterocycles. The molecule has 2 spiro atoms. The van der Waals surface area contributed by atoms with Gasteiger partial charge in [-0.05, 0) is 38.5 Å². The first-order chi connectivity index (χ1) is 9.92. The average Bonchev–Trinajstić information content (AvgIpc) is 3.08. The van der Waals surface area contributed by atoms with E-state index >= 15 is 0 Å². The number of nitrogens with zero attached hydrogens (tertiary/aromatic N) is 1. The number of ketones is 2. The number of hydrogen-bond acceptors (Lipinski definition) is 5. The molecule has 1 unspecified atom stereocenters. The molecule has 5 fully saturated rings. The summed E-state index contributed by atoms with van der Waals surface area (Å²) in [6, 6.07) is 0.0979. The summed E-state index contributed by atoms with van der Waals surface area (Å²) >= 11 is 0. The molecule has 114 valence electrons. The van der Waals surface area contributed by atoms with Gasteiger partial charge < -0.3 is 5.11 Å². The lowest BCUT2D eigenvalue weighted by Crippen LogP contribution is -2.60. The number of rotatable bonds is 0. The van der Waals surface area contributed by atoms with Gasteiger partial charge in [0.2, 0.25) is 0 Å². The predicted molar refractivity (Wildman–Crippen MR) is 72.1 cm³/mol. The summed E-state index contributed by atoms with van der Waals surface area (Å²) in [5, 5.41) is 12.4. The fraction of sp³-hybridized carbons (Fsp3) is 0.875. The first-order valence-corrected chi connectivity index (χ1v) is 8.14. The molecule has 5 nitrogen and oxygen atoms in total. The van der Waals surface area contributed by atoms with E-state index < -0.39 is 16.4 Å². The molecular formula is C16H21NO4. The van der Waals surface area contributed by atoms with Crippen LogP contribution >= 0.6 is 0 Å². The molecule has 2 heterocycles. The molecule has 5 heteroatoms. The average molecular weight is 291 g/mol. The highest BCUT2D eigenvalue weighted by Gasteiger charge is 2.82. The Hall–Kier alpha value is -0.780. The maximum atomic E-state index is 13.1. The van der Waals surface area contributed by atoms with Gasteiger partial charge >= 0.3 is 0 Å². The SMILES string of the molecule is C[C@@]1(O)CC(=O)[C@]23CC[C@@H]4N5CC[C@@H](O5)[C@@]42C(=O)C[C@@H]3C1. The third-order valence-electron chi connectivity index (χ3n) is 7.12. The van der Waals surface area contributed by atoms with Gasteiger partial charge in [0.25, 0.3) is 0 Å². The smallest absolute Gasteiger partial charge is 0.144 e.